The largest absolute Gasteiger partial charge is 0.481 e. The zero-order valence-corrected chi connectivity index (χ0v) is 18.2. The maximum atomic E-state index is 14.0. The minimum Gasteiger partial charge on any atom is -0.481 e. The van der Waals surface area contributed by atoms with E-state index in [1.807, 2.05) is 0 Å². The highest BCUT2D eigenvalue weighted by Crippen LogP contribution is 2.54. The predicted octanol–water partition coefficient (Wildman–Crippen LogP) is 3.60. The van der Waals surface area contributed by atoms with Crippen LogP contribution < -0.4 is 15.8 Å². The van der Waals surface area contributed by atoms with Crippen molar-refractivity contribution in [1.29, 1.82) is 0 Å². The Balaban J connectivity index is 2.05. The van der Waals surface area contributed by atoms with Gasteiger partial charge in [0.1, 0.15) is 17.5 Å². The van der Waals surface area contributed by atoms with E-state index < -0.39 is 53.7 Å². The third kappa shape index (κ3) is 4.52. The summed E-state index contributed by atoms with van der Waals surface area (Å²) in [5.74, 6) is -4.79. The second kappa shape index (κ2) is 9.12. The number of nitrogens with two attached hydrogens (primary N) is 1. The van der Waals surface area contributed by atoms with Crippen molar-refractivity contribution in [3.8, 4) is 5.88 Å². The summed E-state index contributed by atoms with van der Waals surface area (Å²) >= 11 is 0. The molecule has 0 unspecified atom stereocenters. The number of methoxy groups -OCH3 is 1. The fourth-order valence-electron chi connectivity index (χ4n) is 3.88. The van der Waals surface area contributed by atoms with Crippen molar-refractivity contribution in [3.63, 3.8) is 0 Å². The first-order valence-corrected chi connectivity index (χ1v) is 9.94. The third-order valence-corrected chi connectivity index (χ3v) is 5.89. The lowest BCUT2D eigenvalue weighted by Crippen LogP contribution is -2.47. The van der Waals surface area contributed by atoms with E-state index in [-0.39, 0.29) is 22.8 Å². The maximum Gasteiger partial charge on any atom is 0.417 e. The van der Waals surface area contributed by atoms with Gasteiger partial charge >= 0.3 is 6.18 Å². The van der Waals surface area contributed by atoms with E-state index in [4.69, 9.17) is 15.2 Å². The number of rotatable bonds is 6. The van der Waals surface area contributed by atoms with Crippen LogP contribution >= 0.6 is 0 Å². The Morgan fingerprint density at radius 2 is 1.94 bits per heavy atom. The molecule has 1 aliphatic rings. The molecule has 0 radical (unpaired) electrons. The van der Waals surface area contributed by atoms with Crippen LogP contribution in [0.4, 0.5) is 27.6 Å². The van der Waals surface area contributed by atoms with Crippen LogP contribution in [0, 0.1) is 5.92 Å². The summed E-state index contributed by atoms with van der Waals surface area (Å²) in [6.07, 6.45) is -8.33. The molecular weight excluding hydrogens is 467 g/mol. The number of ether oxygens (including phenoxy) is 2. The van der Waals surface area contributed by atoms with Crippen LogP contribution in [0.15, 0.2) is 30.5 Å². The number of alkyl halides is 5. The van der Waals surface area contributed by atoms with Gasteiger partial charge in [-0.1, -0.05) is 13.0 Å². The van der Waals surface area contributed by atoms with Crippen LogP contribution in [-0.4, -0.2) is 46.8 Å². The Morgan fingerprint density at radius 3 is 2.50 bits per heavy atom. The van der Waals surface area contributed by atoms with Crippen LogP contribution in [0.25, 0.3) is 0 Å². The van der Waals surface area contributed by atoms with Crippen molar-refractivity contribution in [2.24, 2.45) is 11.7 Å². The van der Waals surface area contributed by atoms with Crippen molar-refractivity contribution < 1.29 is 41.0 Å². The van der Waals surface area contributed by atoms with Crippen molar-refractivity contribution in [2.45, 2.75) is 44.1 Å². The topological polar surface area (TPSA) is 116 Å². The molecule has 3 heterocycles. The number of carbonyl (C=O) groups excluding carboxylic acids is 2. The summed E-state index contributed by atoms with van der Waals surface area (Å²) in [6, 6.07) is 4.56. The first kappa shape index (κ1) is 25.3. The number of aromatic nitrogens is 2. The summed E-state index contributed by atoms with van der Waals surface area (Å²) in [5.41, 5.74) is 1.65. The van der Waals surface area contributed by atoms with Gasteiger partial charge in [0.2, 0.25) is 5.88 Å². The van der Waals surface area contributed by atoms with Crippen LogP contribution in [-0.2, 0) is 9.53 Å². The molecule has 0 aliphatic carbocycles. The van der Waals surface area contributed by atoms with E-state index >= 15 is 0 Å². The normalized spacial score (nSPS) is 24.8. The molecule has 0 bridgehead atoms. The number of pyridine rings is 2. The zero-order valence-electron chi connectivity index (χ0n) is 18.2. The van der Waals surface area contributed by atoms with Gasteiger partial charge in [-0.3, -0.25) is 14.6 Å². The molecule has 2 amide bonds. The van der Waals surface area contributed by atoms with Gasteiger partial charge in [-0.2, -0.15) is 13.2 Å². The quantitative estimate of drug-likeness (QED) is 0.601. The highest BCUT2D eigenvalue weighted by Gasteiger charge is 2.65. The van der Waals surface area contributed by atoms with Gasteiger partial charge in [0.15, 0.2) is 5.60 Å². The lowest BCUT2D eigenvalue weighted by Gasteiger charge is -2.31. The lowest BCUT2D eigenvalue weighted by atomic mass is 9.77. The van der Waals surface area contributed by atoms with Crippen molar-refractivity contribution in [1.82, 2.24) is 9.97 Å². The first-order chi connectivity index (χ1) is 15.8. The molecule has 34 heavy (non-hydrogen) atoms. The average molecular weight is 488 g/mol. The minimum absolute atomic E-state index is 0.0000725. The monoisotopic (exact) mass is 488 g/mol. The Labute approximate surface area is 190 Å². The number of halogens is 5. The van der Waals surface area contributed by atoms with Crippen molar-refractivity contribution in [2.75, 3.05) is 12.4 Å². The standard InChI is InChI=1S/C21H21F5N4O4/c1-9-14(11-4-5-12(16(22)23)30-19(11)33-3)15(34-20(9,2)21(24,25)26)18(32)29-10-6-7-28-13(8-10)17(27)31/h4-9,14-16H,1-3H3,(H2,27,31)(H,28,29,32)/t9-,14-,15+,20-/m0/s1. The van der Waals surface area contributed by atoms with Crippen LogP contribution in [0.1, 0.15) is 47.9 Å². The molecule has 13 heteroatoms. The first-order valence-electron chi connectivity index (χ1n) is 9.94. The van der Waals surface area contributed by atoms with Gasteiger partial charge in [-0.15, -0.1) is 0 Å². The molecule has 0 saturated carbocycles. The zero-order chi connectivity index (χ0) is 25.4. The number of nitrogens with zero attached hydrogens (tertiary/aromatic N) is 2. The van der Waals surface area contributed by atoms with Gasteiger partial charge < -0.3 is 20.5 Å². The van der Waals surface area contributed by atoms with Crippen LogP contribution in [0.5, 0.6) is 5.88 Å². The Hall–Kier alpha value is -3.35. The minimum atomic E-state index is -4.86. The van der Waals surface area contributed by atoms with E-state index in [0.717, 1.165) is 32.2 Å². The van der Waals surface area contributed by atoms with Crippen LogP contribution in [0.2, 0.25) is 0 Å². The molecule has 4 atom stereocenters. The van der Waals surface area contributed by atoms with Gasteiger partial charge in [0, 0.05) is 29.3 Å². The highest BCUT2D eigenvalue weighted by atomic mass is 19.4. The average Bonchev–Trinajstić information content (AvgIpc) is 3.05. The van der Waals surface area contributed by atoms with E-state index in [9.17, 15) is 31.5 Å². The molecule has 3 N–H and O–H groups in total. The molecule has 184 valence electrons. The summed E-state index contributed by atoms with van der Waals surface area (Å²) < 4.78 is 78.5. The van der Waals surface area contributed by atoms with Crippen molar-refractivity contribution in [3.05, 3.63) is 47.4 Å². The molecule has 2 aromatic heterocycles. The number of carbonyl (C=O) groups is 2. The third-order valence-electron chi connectivity index (χ3n) is 5.89. The number of amides is 2. The Bertz CT molecular complexity index is 1100. The van der Waals surface area contributed by atoms with Crippen LogP contribution in [0.3, 0.4) is 0 Å². The number of anilines is 1. The molecule has 1 aliphatic heterocycles. The molecule has 1 fully saturated rings. The molecule has 1 saturated heterocycles. The molecule has 0 aromatic carbocycles. The van der Waals surface area contributed by atoms with Gasteiger partial charge in [-0.05, 0) is 25.1 Å². The SMILES string of the molecule is COc1nc(C(F)F)ccc1[C@H]1[C@H](C(=O)Nc2ccnc(C(N)=O)c2)O[C@](C)(C(F)(F)F)[C@H]1C. The second-order valence-electron chi connectivity index (χ2n) is 7.88. The van der Waals surface area contributed by atoms with Gasteiger partial charge in [0.05, 0.1) is 7.11 Å². The van der Waals surface area contributed by atoms with E-state index in [0.29, 0.717) is 0 Å². The summed E-state index contributed by atoms with van der Waals surface area (Å²) in [6.45, 7) is 2.05. The second-order valence-corrected chi connectivity index (χ2v) is 7.88. The molecular formula is C21H21F5N4O4. The predicted molar refractivity (Wildman–Crippen MR) is 108 cm³/mol. The fraction of sp³-hybridized carbons (Fsp3) is 0.429. The molecule has 2 aromatic rings. The van der Waals surface area contributed by atoms with E-state index in [1.54, 1.807) is 0 Å². The Morgan fingerprint density at radius 1 is 1.26 bits per heavy atom. The van der Waals surface area contributed by atoms with E-state index in [2.05, 4.69) is 15.3 Å². The Kier molecular flexibility index (Phi) is 6.78. The lowest BCUT2D eigenvalue weighted by molar-refractivity contribution is -0.272. The number of hydrogen-bond acceptors (Lipinski definition) is 6. The molecule has 0 spiro atoms. The molecule has 3 rings (SSSR count). The number of nitrogens with one attached hydrogen (secondary N) is 1. The number of hydrogen-bond donors (Lipinski definition) is 2. The fourth-order valence-corrected chi connectivity index (χ4v) is 3.88. The smallest absolute Gasteiger partial charge is 0.417 e. The summed E-state index contributed by atoms with van der Waals surface area (Å²) in [5, 5.41) is 2.40. The van der Waals surface area contributed by atoms with Gasteiger partial charge in [0.25, 0.3) is 18.2 Å². The highest BCUT2D eigenvalue weighted by molar-refractivity contribution is 5.97. The van der Waals surface area contributed by atoms with Crippen molar-refractivity contribution >= 4 is 17.5 Å². The maximum absolute atomic E-state index is 14.0. The van der Waals surface area contributed by atoms with Gasteiger partial charge in [-0.25, -0.2) is 13.8 Å². The summed E-state index contributed by atoms with van der Waals surface area (Å²) in [7, 11) is 1.13. The number of primary amides is 1. The molecule has 8 nitrogen and oxygen atoms in total. The summed E-state index contributed by atoms with van der Waals surface area (Å²) in [4.78, 5) is 31.8. The van der Waals surface area contributed by atoms with E-state index in [1.165, 1.54) is 19.2 Å².